The Labute approximate surface area is 70.1 Å². The van der Waals surface area contributed by atoms with Gasteiger partial charge in [-0.05, 0) is 31.1 Å². The van der Waals surface area contributed by atoms with E-state index in [-0.39, 0.29) is 0 Å². The molecule has 11 heavy (non-hydrogen) atoms. The van der Waals surface area contributed by atoms with Gasteiger partial charge in [0.1, 0.15) is 0 Å². The van der Waals surface area contributed by atoms with Crippen LogP contribution in [-0.4, -0.2) is 12.7 Å². The Hall–Kier alpha value is -0.0400. The molecule has 0 saturated carbocycles. The minimum atomic E-state index is 0.560. The Morgan fingerprint density at radius 3 is 2.45 bits per heavy atom. The second-order valence-corrected chi connectivity index (χ2v) is 3.95. The summed E-state index contributed by atoms with van der Waals surface area (Å²) in [5.41, 5.74) is 0. The van der Waals surface area contributed by atoms with E-state index >= 15 is 0 Å². The van der Waals surface area contributed by atoms with Crippen LogP contribution < -0.4 is 0 Å². The predicted octanol–water partition coefficient (Wildman–Crippen LogP) is 2.85. The molecule has 0 aromatic heterocycles. The molecule has 0 bridgehead atoms. The summed E-state index contributed by atoms with van der Waals surface area (Å²) >= 11 is 0. The van der Waals surface area contributed by atoms with Crippen molar-refractivity contribution in [3.8, 4) is 0 Å². The van der Waals surface area contributed by atoms with Crippen LogP contribution in [0.1, 0.15) is 40.0 Å². The summed E-state index contributed by atoms with van der Waals surface area (Å²) in [7, 11) is 0. The molecule has 0 aromatic rings. The molecule has 2 atom stereocenters. The Morgan fingerprint density at radius 1 is 1.36 bits per heavy atom. The van der Waals surface area contributed by atoms with E-state index in [4.69, 9.17) is 4.74 Å². The van der Waals surface area contributed by atoms with Gasteiger partial charge in [-0.25, -0.2) is 0 Å². The van der Waals surface area contributed by atoms with Crippen molar-refractivity contribution < 1.29 is 4.74 Å². The van der Waals surface area contributed by atoms with Gasteiger partial charge in [0.2, 0.25) is 0 Å². The van der Waals surface area contributed by atoms with Crippen molar-refractivity contribution in [3.05, 3.63) is 0 Å². The fraction of sp³-hybridized carbons (Fsp3) is 1.00. The second kappa shape index (κ2) is 4.10. The molecule has 1 heterocycles. The zero-order valence-corrected chi connectivity index (χ0v) is 7.97. The zero-order valence-electron chi connectivity index (χ0n) is 7.97. The van der Waals surface area contributed by atoms with Crippen LogP contribution in [0.5, 0.6) is 0 Å². The summed E-state index contributed by atoms with van der Waals surface area (Å²) in [4.78, 5) is 0. The quantitative estimate of drug-likeness (QED) is 0.597. The highest BCUT2D eigenvalue weighted by molar-refractivity contribution is 4.71. The van der Waals surface area contributed by atoms with Gasteiger partial charge in [0.15, 0.2) is 0 Å². The lowest BCUT2D eigenvalue weighted by Crippen LogP contribution is -2.28. The van der Waals surface area contributed by atoms with Crippen molar-refractivity contribution in [1.82, 2.24) is 0 Å². The van der Waals surface area contributed by atoms with E-state index in [1.165, 1.54) is 19.3 Å². The van der Waals surface area contributed by atoms with Crippen LogP contribution in [0.15, 0.2) is 0 Å². The SMILES string of the molecule is CCC1CCC(C(C)C)CO1. The van der Waals surface area contributed by atoms with Crippen LogP contribution in [0.2, 0.25) is 0 Å². The first-order valence-corrected chi connectivity index (χ1v) is 4.85. The fourth-order valence-electron chi connectivity index (χ4n) is 1.67. The normalized spacial score (nSPS) is 32.7. The number of rotatable bonds is 2. The molecule has 0 radical (unpaired) electrons. The number of ether oxygens (including phenoxy) is 1. The molecule has 1 saturated heterocycles. The summed E-state index contributed by atoms with van der Waals surface area (Å²) in [5, 5.41) is 0. The van der Waals surface area contributed by atoms with Gasteiger partial charge in [0.25, 0.3) is 0 Å². The van der Waals surface area contributed by atoms with Crippen LogP contribution in [0.25, 0.3) is 0 Å². The number of hydrogen-bond donors (Lipinski definition) is 0. The number of hydrogen-bond acceptors (Lipinski definition) is 1. The maximum Gasteiger partial charge on any atom is 0.0572 e. The van der Waals surface area contributed by atoms with Gasteiger partial charge >= 0.3 is 0 Å². The standard InChI is InChI=1S/C10H20O/c1-4-10-6-5-9(7-11-10)8(2)3/h8-10H,4-7H2,1-3H3. The van der Waals surface area contributed by atoms with E-state index in [0.29, 0.717) is 6.10 Å². The molecular formula is C10H20O. The maximum absolute atomic E-state index is 5.70. The van der Waals surface area contributed by atoms with E-state index < -0.39 is 0 Å². The highest BCUT2D eigenvalue weighted by Gasteiger charge is 2.22. The largest absolute Gasteiger partial charge is 0.378 e. The summed E-state index contributed by atoms with van der Waals surface area (Å²) in [6, 6.07) is 0. The van der Waals surface area contributed by atoms with Crippen molar-refractivity contribution in [3.63, 3.8) is 0 Å². The van der Waals surface area contributed by atoms with Crippen molar-refractivity contribution >= 4 is 0 Å². The van der Waals surface area contributed by atoms with Gasteiger partial charge in [0, 0.05) is 0 Å². The van der Waals surface area contributed by atoms with E-state index in [1.54, 1.807) is 0 Å². The lowest BCUT2D eigenvalue weighted by molar-refractivity contribution is -0.0289. The summed E-state index contributed by atoms with van der Waals surface area (Å²) in [5.74, 6) is 1.62. The fourth-order valence-corrected chi connectivity index (χ4v) is 1.67. The molecule has 2 unspecified atom stereocenters. The molecule has 1 fully saturated rings. The Bertz CT molecular complexity index is 101. The van der Waals surface area contributed by atoms with E-state index in [0.717, 1.165) is 18.4 Å². The summed E-state index contributed by atoms with van der Waals surface area (Å²) in [6.45, 7) is 7.79. The molecule has 66 valence electrons. The molecule has 1 nitrogen and oxygen atoms in total. The minimum absolute atomic E-state index is 0.560. The molecule has 1 heteroatoms. The summed E-state index contributed by atoms with van der Waals surface area (Å²) < 4.78 is 5.70. The Balaban J connectivity index is 2.24. The van der Waals surface area contributed by atoms with E-state index in [2.05, 4.69) is 20.8 Å². The highest BCUT2D eigenvalue weighted by Crippen LogP contribution is 2.25. The average molecular weight is 156 g/mol. The zero-order chi connectivity index (χ0) is 8.27. The molecular weight excluding hydrogens is 136 g/mol. The predicted molar refractivity (Wildman–Crippen MR) is 47.6 cm³/mol. The smallest absolute Gasteiger partial charge is 0.0572 e. The highest BCUT2D eigenvalue weighted by atomic mass is 16.5. The van der Waals surface area contributed by atoms with Crippen molar-refractivity contribution in [1.29, 1.82) is 0 Å². The average Bonchev–Trinajstić information content (AvgIpc) is 2.05. The van der Waals surface area contributed by atoms with Gasteiger partial charge in [-0.3, -0.25) is 0 Å². The first-order chi connectivity index (χ1) is 5.24. The van der Waals surface area contributed by atoms with Gasteiger partial charge in [-0.1, -0.05) is 20.8 Å². The molecule has 1 aliphatic heterocycles. The Morgan fingerprint density at radius 2 is 2.09 bits per heavy atom. The third-order valence-corrected chi connectivity index (χ3v) is 2.80. The van der Waals surface area contributed by atoms with Crippen LogP contribution in [-0.2, 0) is 4.74 Å². The molecule has 0 N–H and O–H groups in total. The third-order valence-electron chi connectivity index (χ3n) is 2.80. The molecule has 1 aliphatic rings. The first-order valence-electron chi connectivity index (χ1n) is 4.85. The molecule has 0 amide bonds. The minimum Gasteiger partial charge on any atom is -0.378 e. The lowest BCUT2D eigenvalue weighted by Gasteiger charge is -2.30. The third kappa shape index (κ3) is 2.48. The van der Waals surface area contributed by atoms with Crippen molar-refractivity contribution in [2.75, 3.05) is 6.61 Å². The molecule has 1 rings (SSSR count). The van der Waals surface area contributed by atoms with Crippen molar-refractivity contribution in [2.24, 2.45) is 11.8 Å². The lowest BCUT2D eigenvalue weighted by atomic mass is 9.88. The first kappa shape index (κ1) is 9.05. The van der Waals surface area contributed by atoms with Crippen LogP contribution in [0.4, 0.5) is 0 Å². The van der Waals surface area contributed by atoms with Gasteiger partial charge < -0.3 is 4.74 Å². The van der Waals surface area contributed by atoms with E-state index in [9.17, 15) is 0 Å². The van der Waals surface area contributed by atoms with Gasteiger partial charge in [0.05, 0.1) is 12.7 Å². The van der Waals surface area contributed by atoms with Crippen molar-refractivity contribution in [2.45, 2.75) is 46.1 Å². The molecule has 0 aromatic carbocycles. The maximum atomic E-state index is 5.70. The van der Waals surface area contributed by atoms with E-state index in [1.807, 2.05) is 0 Å². The van der Waals surface area contributed by atoms with Crippen LogP contribution >= 0.6 is 0 Å². The molecule has 0 spiro atoms. The van der Waals surface area contributed by atoms with Crippen LogP contribution in [0, 0.1) is 11.8 Å². The summed E-state index contributed by atoms with van der Waals surface area (Å²) in [6.07, 6.45) is 4.39. The van der Waals surface area contributed by atoms with Gasteiger partial charge in [-0.15, -0.1) is 0 Å². The van der Waals surface area contributed by atoms with Crippen LogP contribution in [0.3, 0.4) is 0 Å². The monoisotopic (exact) mass is 156 g/mol. The molecule has 0 aliphatic carbocycles. The second-order valence-electron chi connectivity index (χ2n) is 3.95. The Kier molecular flexibility index (Phi) is 3.38. The van der Waals surface area contributed by atoms with Gasteiger partial charge in [-0.2, -0.15) is 0 Å². The topological polar surface area (TPSA) is 9.23 Å².